The number of nitrogens with zero attached hydrogens (tertiary/aromatic N) is 3. The summed E-state index contributed by atoms with van der Waals surface area (Å²) in [4.78, 5) is 10.3. The van der Waals surface area contributed by atoms with Crippen LogP contribution in [0.5, 0.6) is 6.01 Å². The first-order valence-corrected chi connectivity index (χ1v) is 5.85. The van der Waals surface area contributed by atoms with Crippen LogP contribution in [0.25, 0.3) is 0 Å². The molecule has 5 heteroatoms. The second-order valence-corrected chi connectivity index (χ2v) is 4.77. The van der Waals surface area contributed by atoms with Gasteiger partial charge in [0.1, 0.15) is 5.67 Å². The van der Waals surface area contributed by atoms with Gasteiger partial charge in [-0.2, -0.15) is 0 Å². The molecule has 1 saturated heterocycles. The number of aromatic nitrogens is 2. The van der Waals surface area contributed by atoms with Gasteiger partial charge in [0.25, 0.3) is 0 Å². The molecule has 1 aromatic heterocycles. The minimum Gasteiger partial charge on any atom is -0.467 e. The Labute approximate surface area is 101 Å². The highest BCUT2D eigenvalue weighted by Crippen LogP contribution is 2.26. The summed E-state index contributed by atoms with van der Waals surface area (Å²) in [6.45, 7) is 4.04. The third kappa shape index (κ3) is 3.36. The number of halogens is 1. The van der Waals surface area contributed by atoms with E-state index in [1.54, 1.807) is 26.4 Å². The fraction of sp³-hybridized carbons (Fsp3) is 0.667. The lowest BCUT2D eigenvalue weighted by Gasteiger charge is -2.33. The van der Waals surface area contributed by atoms with Crippen molar-refractivity contribution in [3.63, 3.8) is 0 Å². The smallest absolute Gasteiger partial charge is 0.316 e. The van der Waals surface area contributed by atoms with Gasteiger partial charge in [-0.3, -0.25) is 4.90 Å². The summed E-state index contributed by atoms with van der Waals surface area (Å²) in [6, 6.07) is 0.378. The van der Waals surface area contributed by atoms with E-state index in [9.17, 15) is 4.39 Å². The summed E-state index contributed by atoms with van der Waals surface area (Å²) in [5, 5.41) is 0. The van der Waals surface area contributed by atoms with Gasteiger partial charge in [0.15, 0.2) is 0 Å². The highest BCUT2D eigenvalue weighted by atomic mass is 19.1. The van der Waals surface area contributed by atoms with Crippen molar-refractivity contribution in [1.29, 1.82) is 0 Å². The Morgan fingerprint density at radius 1 is 1.35 bits per heavy atom. The van der Waals surface area contributed by atoms with Gasteiger partial charge in [0.05, 0.1) is 7.11 Å². The Kier molecular flexibility index (Phi) is 3.57. The number of ether oxygens (including phenoxy) is 1. The van der Waals surface area contributed by atoms with E-state index in [1.807, 2.05) is 0 Å². The maximum atomic E-state index is 13.6. The number of alkyl halides is 1. The third-order valence-electron chi connectivity index (χ3n) is 3.17. The molecule has 17 heavy (non-hydrogen) atoms. The minimum atomic E-state index is -0.993. The van der Waals surface area contributed by atoms with Crippen molar-refractivity contribution < 1.29 is 9.13 Å². The number of hydrogen-bond donors (Lipinski definition) is 0. The van der Waals surface area contributed by atoms with E-state index in [0.717, 1.165) is 25.2 Å². The molecule has 0 amide bonds. The second-order valence-electron chi connectivity index (χ2n) is 4.77. The van der Waals surface area contributed by atoms with Gasteiger partial charge in [-0.05, 0) is 19.8 Å². The first kappa shape index (κ1) is 12.2. The van der Waals surface area contributed by atoms with Crippen LogP contribution in [0.2, 0.25) is 0 Å². The second kappa shape index (κ2) is 4.96. The van der Waals surface area contributed by atoms with Gasteiger partial charge in [0, 0.05) is 37.6 Å². The van der Waals surface area contributed by atoms with Crippen molar-refractivity contribution >= 4 is 0 Å². The number of hydrogen-bond acceptors (Lipinski definition) is 4. The monoisotopic (exact) mass is 239 g/mol. The molecule has 0 bridgehead atoms. The molecule has 2 heterocycles. The predicted octanol–water partition coefficient (Wildman–Crippen LogP) is 1.81. The lowest BCUT2D eigenvalue weighted by molar-refractivity contribution is 0.0703. The molecular weight excluding hydrogens is 221 g/mol. The summed E-state index contributed by atoms with van der Waals surface area (Å²) in [6.07, 6.45) is 4.72. The van der Waals surface area contributed by atoms with Crippen molar-refractivity contribution in [2.24, 2.45) is 0 Å². The molecule has 1 aliphatic rings. The Morgan fingerprint density at radius 2 is 1.94 bits per heavy atom. The van der Waals surface area contributed by atoms with Crippen LogP contribution in [-0.4, -0.2) is 40.7 Å². The quantitative estimate of drug-likeness (QED) is 0.806. The highest BCUT2D eigenvalue weighted by Gasteiger charge is 2.29. The molecular formula is C12H18FN3O. The maximum absolute atomic E-state index is 13.6. The van der Waals surface area contributed by atoms with Crippen molar-refractivity contribution in [3.05, 3.63) is 18.0 Å². The zero-order chi connectivity index (χ0) is 12.3. The van der Waals surface area contributed by atoms with Crippen molar-refractivity contribution in [2.75, 3.05) is 20.2 Å². The summed E-state index contributed by atoms with van der Waals surface area (Å²) >= 11 is 0. The van der Waals surface area contributed by atoms with Crippen LogP contribution in [0.4, 0.5) is 4.39 Å². The van der Waals surface area contributed by atoms with Crippen LogP contribution in [0.3, 0.4) is 0 Å². The molecule has 94 valence electrons. The minimum absolute atomic E-state index is 0.378. The van der Waals surface area contributed by atoms with E-state index >= 15 is 0 Å². The predicted molar refractivity (Wildman–Crippen MR) is 62.6 cm³/mol. The van der Waals surface area contributed by atoms with Crippen LogP contribution in [0.1, 0.15) is 25.3 Å². The average molecular weight is 239 g/mol. The van der Waals surface area contributed by atoms with Crippen LogP contribution in [0.15, 0.2) is 12.4 Å². The first-order chi connectivity index (χ1) is 8.09. The van der Waals surface area contributed by atoms with E-state index in [-0.39, 0.29) is 0 Å². The number of likely N-dealkylation sites (tertiary alicyclic amines) is 1. The molecule has 0 spiro atoms. The van der Waals surface area contributed by atoms with Crippen LogP contribution < -0.4 is 4.74 Å². The molecule has 1 aliphatic heterocycles. The van der Waals surface area contributed by atoms with Gasteiger partial charge in [0.2, 0.25) is 0 Å². The van der Waals surface area contributed by atoms with E-state index in [4.69, 9.17) is 4.74 Å². The normalized spacial score (nSPS) is 20.2. The van der Waals surface area contributed by atoms with E-state index < -0.39 is 5.67 Å². The largest absolute Gasteiger partial charge is 0.467 e. The molecule has 0 radical (unpaired) electrons. The lowest BCUT2D eigenvalue weighted by atomic mass is 9.95. The van der Waals surface area contributed by atoms with E-state index in [2.05, 4.69) is 14.9 Å². The lowest BCUT2D eigenvalue weighted by Crippen LogP contribution is -2.39. The standard InChI is InChI=1S/C12H18FN3O/c1-12(13)3-5-16(6-4-12)9-10-7-14-11(17-2)15-8-10/h7-8H,3-6,9H2,1-2H3. The SMILES string of the molecule is COc1ncc(CN2CCC(C)(F)CC2)cn1. The number of piperidine rings is 1. The fourth-order valence-corrected chi connectivity index (χ4v) is 1.97. The van der Waals surface area contributed by atoms with Crippen molar-refractivity contribution in [3.8, 4) is 6.01 Å². The van der Waals surface area contributed by atoms with Crippen LogP contribution in [-0.2, 0) is 6.54 Å². The molecule has 0 aromatic carbocycles. The van der Waals surface area contributed by atoms with Gasteiger partial charge >= 0.3 is 6.01 Å². The van der Waals surface area contributed by atoms with Crippen LogP contribution in [0, 0.1) is 0 Å². The van der Waals surface area contributed by atoms with Gasteiger partial charge < -0.3 is 4.74 Å². The molecule has 0 aliphatic carbocycles. The molecule has 4 nitrogen and oxygen atoms in total. The molecule has 0 N–H and O–H groups in total. The summed E-state index contributed by atoms with van der Waals surface area (Å²) in [7, 11) is 1.54. The number of rotatable bonds is 3. The molecule has 0 atom stereocenters. The molecule has 0 unspecified atom stereocenters. The van der Waals surface area contributed by atoms with E-state index in [0.29, 0.717) is 18.9 Å². The van der Waals surface area contributed by atoms with Gasteiger partial charge in [-0.15, -0.1) is 0 Å². The zero-order valence-corrected chi connectivity index (χ0v) is 10.3. The van der Waals surface area contributed by atoms with Crippen LogP contribution >= 0.6 is 0 Å². The topological polar surface area (TPSA) is 38.2 Å². The van der Waals surface area contributed by atoms with E-state index in [1.165, 1.54) is 0 Å². The molecule has 1 aromatic rings. The summed E-state index contributed by atoms with van der Waals surface area (Å²) in [5.74, 6) is 0. The summed E-state index contributed by atoms with van der Waals surface area (Å²) in [5.41, 5.74) is 0.0423. The fourth-order valence-electron chi connectivity index (χ4n) is 1.97. The number of methoxy groups -OCH3 is 1. The van der Waals surface area contributed by atoms with Gasteiger partial charge in [-0.1, -0.05) is 0 Å². The third-order valence-corrected chi connectivity index (χ3v) is 3.17. The first-order valence-electron chi connectivity index (χ1n) is 5.85. The maximum Gasteiger partial charge on any atom is 0.316 e. The van der Waals surface area contributed by atoms with Gasteiger partial charge in [-0.25, -0.2) is 14.4 Å². The average Bonchev–Trinajstić information content (AvgIpc) is 2.33. The summed E-state index contributed by atoms with van der Waals surface area (Å²) < 4.78 is 18.5. The zero-order valence-electron chi connectivity index (χ0n) is 10.3. The highest BCUT2D eigenvalue weighted by molar-refractivity contribution is 5.07. The Morgan fingerprint density at radius 3 is 2.47 bits per heavy atom. The molecule has 2 rings (SSSR count). The molecule has 0 saturated carbocycles. The Balaban J connectivity index is 1.89. The van der Waals surface area contributed by atoms with Crippen molar-refractivity contribution in [2.45, 2.75) is 32.0 Å². The Bertz CT molecular complexity index is 357. The molecule has 1 fully saturated rings. The van der Waals surface area contributed by atoms with Crippen molar-refractivity contribution in [1.82, 2.24) is 14.9 Å². The Hall–Kier alpha value is -1.23.